The van der Waals surface area contributed by atoms with E-state index >= 15 is 0 Å². The molecule has 1 aromatic carbocycles. The van der Waals surface area contributed by atoms with Crippen LogP contribution in [-0.4, -0.2) is 17.6 Å². The Morgan fingerprint density at radius 3 is 2.65 bits per heavy atom. The Morgan fingerprint density at radius 1 is 1.20 bits per heavy atom. The van der Waals surface area contributed by atoms with Gasteiger partial charge in [0.05, 0.1) is 11.8 Å². The number of rotatable bonds is 6. The van der Waals surface area contributed by atoms with E-state index in [9.17, 15) is 0 Å². The standard InChI is InChI=1S/C17H24N2O/c1-5-18-11-15-10-14-8-6-7-9-16(14)17(19-15)20-13(4)12(2)3/h6-10,12-13,18H,5,11H2,1-4H3. The summed E-state index contributed by atoms with van der Waals surface area (Å²) >= 11 is 0. The van der Waals surface area contributed by atoms with E-state index in [2.05, 4.69) is 62.3 Å². The average Bonchev–Trinajstić information content (AvgIpc) is 2.45. The second-order valence-electron chi connectivity index (χ2n) is 5.49. The van der Waals surface area contributed by atoms with Crippen LogP contribution < -0.4 is 10.1 Å². The molecule has 3 nitrogen and oxygen atoms in total. The summed E-state index contributed by atoms with van der Waals surface area (Å²) in [6.07, 6.45) is 0.153. The van der Waals surface area contributed by atoms with Gasteiger partial charge in [-0.3, -0.25) is 0 Å². The van der Waals surface area contributed by atoms with Crippen LogP contribution in [0.25, 0.3) is 10.8 Å². The molecule has 2 aromatic rings. The van der Waals surface area contributed by atoms with E-state index < -0.39 is 0 Å². The highest BCUT2D eigenvalue weighted by molar-refractivity contribution is 5.87. The first-order valence-electron chi connectivity index (χ1n) is 7.37. The van der Waals surface area contributed by atoms with Gasteiger partial charge in [-0.1, -0.05) is 39.0 Å². The number of pyridine rings is 1. The Hall–Kier alpha value is -1.61. The van der Waals surface area contributed by atoms with Gasteiger partial charge < -0.3 is 10.1 Å². The van der Waals surface area contributed by atoms with Gasteiger partial charge in [0.1, 0.15) is 0 Å². The molecule has 0 radical (unpaired) electrons. The molecule has 1 atom stereocenters. The van der Waals surface area contributed by atoms with Crippen LogP contribution in [0.4, 0.5) is 0 Å². The second-order valence-corrected chi connectivity index (χ2v) is 5.49. The number of hydrogen-bond acceptors (Lipinski definition) is 3. The van der Waals surface area contributed by atoms with Crippen molar-refractivity contribution in [1.82, 2.24) is 10.3 Å². The van der Waals surface area contributed by atoms with Gasteiger partial charge in [-0.2, -0.15) is 0 Å². The lowest BCUT2D eigenvalue weighted by molar-refractivity contribution is 0.165. The number of nitrogens with one attached hydrogen (secondary N) is 1. The second kappa shape index (κ2) is 6.71. The Morgan fingerprint density at radius 2 is 1.95 bits per heavy atom. The van der Waals surface area contributed by atoms with Crippen LogP contribution in [0.2, 0.25) is 0 Å². The largest absolute Gasteiger partial charge is 0.474 e. The normalized spacial score (nSPS) is 12.8. The zero-order valence-electron chi connectivity index (χ0n) is 12.8. The number of benzene rings is 1. The van der Waals surface area contributed by atoms with Crippen molar-refractivity contribution in [2.24, 2.45) is 5.92 Å². The number of nitrogens with zero attached hydrogens (tertiary/aromatic N) is 1. The maximum absolute atomic E-state index is 6.07. The van der Waals surface area contributed by atoms with Crippen LogP contribution in [0, 0.1) is 5.92 Å². The van der Waals surface area contributed by atoms with E-state index in [1.807, 2.05) is 6.07 Å². The van der Waals surface area contributed by atoms with E-state index in [4.69, 9.17) is 4.74 Å². The summed E-state index contributed by atoms with van der Waals surface area (Å²) in [5.74, 6) is 1.21. The van der Waals surface area contributed by atoms with Crippen LogP contribution in [0.1, 0.15) is 33.4 Å². The van der Waals surface area contributed by atoms with Crippen molar-refractivity contribution in [2.45, 2.75) is 40.3 Å². The lowest BCUT2D eigenvalue weighted by Gasteiger charge is -2.19. The monoisotopic (exact) mass is 272 g/mol. The van der Waals surface area contributed by atoms with E-state index in [1.165, 1.54) is 5.39 Å². The molecule has 2 rings (SSSR count). The minimum Gasteiger partial charge on any atom is -0.474 e. The summed E-state index contributed by atoms with van der Waals surface area (Å²) < 4.78 is 6.07. The molecule has 0 aliphatic heterocycles. The van der Waals surface area contributed by atoms with Crippen LogP contribution in [0.3, 0.4) is 0 Å². The third kappa shape index (κ3) is 3.48. The Labute approximate surface area is 121 Å². The van der Waals surface area contributed by atoms with E-state index in [-0.39, 0.29) is 6.10 Å². The molecule has 20 heavy (non-hydrogen) atoms. The molecule has 0 aliphatic carbocycles. The minimum atomic E-state index is 0.153. The van der Waals surface area contributed by atoms with Crippen LogP contribution in [0.15, 0.2) is 30.3 Å². The van der Waals surface area contributed by atoms with E-state index in [0.717, 1.165) is 30.0 Å². The van der Waals surface area contributed by atoms with Crippen LogP contribution in [-0.2, 0) is 6.54 Å². The van der Waals surface area contributed by atoms with E-state index in [0.29, 0.717) is 5.92 Å². The van der Waals surface area contributed by atoms with Crippen molar-refractivity contribution >= 4 is 10.8 Å². The Bertz CT molecular complexity index is 566. The predicted molar refractivity (Wildman–Crippen MR) is 84.1 cm³/mol. The highest BCUT2D eigenvalue weighted by Gasteiger charge is 2.13. The zero-order chi connectivity index (χ0) is 14.5. The summed E-state index contributed by atoms with van der Waals surface area (Å²) in [6, 6.07) is 10.4. The first kappa shape index (κ1) is 14.8. The molecule has 0 amide bonds. The van der Waals surface area contributed by atoms with Gasteiger partial charge in [0.2, 0.25) is 5.88 Å². The fraction of sp³-hybridized carbons (Fsp3) is 0.471. The lowest BCUT2D eigenvalue weighted by atomic mass is 10.1. The number of fused-ring (bicyclic) bond motifs is 1. The van der Waals surface area contributed by atoms with Crippen LogP contribution >= 0.6 is 0 Å². The summed E-state index contributed by atoms with van der Waals surface area (Å²) in [5, 5.41) is 5.58. The predicted octanol–water partition coefficient (Wildman–Crippen LogP) is 3.77. The van der Waals surface area contributed by atoms with Gasteiger partial charge in [-0.15, -0.1) is 0 Å². The highest BCUT2D eigenvalue weighted by atomic mass is 16.5. The minimum absolute atomic E-state index is 0.153. The molecule has 1 heterocycles. The van der Waals surface area contributed by atoms with Gasteiger partial charge in [0.15, 0.2) is 0 Å². The number of hydrogen-bond donors (Lipinski definition) is 1. The smallest absolute Gasteiger partial charge is 0.221 e. The topological polar surface area (TPSA) is 34.1 Å². The first-order valence-corrected chi connectivity index (χ1v) is 7.37. The molecule has 0 fully saturated rings. The van der Waals surface area contributed by atoms with Gasteiger partial charge in [-0.25, -0.2) is 4.98 Å². The third-order valence-corrected chi connectivity index (χ3v) is 3.55. The zero-order valence-corrected chi connectivity index (χ0v) is 12.8. The average molecular weight is 272 g/mol. The van der Waals surface area contributed by atoms with Crippen molar-refractivity contribution in [3.05, 3.63) is 36.0 Å². The fourth-order valence-electron chi connectivity index (χ4n) is 1.97. The molecule has 1 N–H and O–H groups in total. The van der Waals surface area contributed by atoms with Crippen molar-refractivity contribution in [2.75, 3.05) is 6.54 Å². The van der Waals surface area contributed by atoms with Crippen molar-refractivity contribution in [3.8, 4) is 5.88 Å². The number of ether oxygens (including phenoxy) is 1. The molecule has 1 unspecified atom stereocenters. The van der Waals surface area contributed by atoms with Crippen molar-refractivity contribution in [1.29, 1.82) is 0 Å². The quantitative estimate of drug-likeness (QED) is 0.869. The molecule has 0 saturated carbocycles. The Kier molecular flexibility index (Phi) is 4.96. The fourth-order valence-corrected chi connectivity index (χ4v) is 1.97. The molecule has 108 valence electrons. The molecular weight excluding hydrogens is 248 g/mol. The van der Waals surface area contributed by atoms with Gasteiger partial charge >= 0.3 is 0 Å². The SMILES string of the molecule is CCNCc1cc2ccccc2c(OC(C)C(C)C)n1. The van der Waals surface area contributed by atoms with Crippen molar-refractivity contribution < 1.29 is 4.74 Å². The highest BCUT2D eigenvalue weighted by Crippen LogP contribution is 2.26. The van der Waals surface area contributed by atoms with E-state index in [1.54, 1.807) is 0 Å². The summed E-state index contributed by atoms with van der Waals surface area (Å²) in [5.41, 5.74) is 1.02. The molecule has 0 saturated heterocycles. The maximum atomic E-state index is 6.07. The summed E-state index contributed by atoms with van der Waals surface area (Å²) in [4.78, 5) is 4.68. The summed E-state index contributed by atoms with van der Waals surface area (Å²) in [6.45, 7) is 10.2. The first-order chi connectivity index (χ1) is 9.61. The van der Waals surface area contributed by atoms with Crippen LogP contribution in [0.5, 0.6) is 5.88 Å². The van der Waals surface area contributed by atoms with Gasteiger partial charge in [-0.05, 0) is 36.9 Å². The molecule has 0 aliphatic rings. The molecular formula is C17H24N2O. The molecule has 3 heteroatoms. The van der Waals surface area contributed by atoms with Crippen molar-refractivity contribution in [3.63, 3.8) is 0 Å². The van der Waals surface area contributed by atoms with Gasteiger partial charge in [0, 0.05) is 11.9 Å². The molecule has 1 aromatic heterocycles. The Balaban J connectivity index is 2.38. The molecule has 0 bridgehead atoms. The van der Waals surface area contributed by atoms with Gasteiger partial charge in [0.25, 0.3) is 0 Å². The molecule has 0 spiro atoms. The number of aromatic nitrogens is 1. The summed E-state index contributed by atoms with van der Waals surface area (Å²) in [7, 11) is 0. The third-order valence-electron chi connectivity index (χ3n) is 3.55. The maximum Gasteiger partial charge on any atom is 0.221 e. The lowest BCUT2D eigenvalue weighted by Crippen LogP contribution is -2.20.